The van der Waals surface area contributed by atoms with E-state index >= 15 is 0 Å². The van der Waals surface area contributed by atoms with E-state index < -0.39 is 6.04 Å². The van der Waals surface area contributed by atoms with Gasteiger partial charge in [0.2, 0.25) is 11.8 Å². The average Bonchev–Trinajstić information content (AvgIpc) is 2.83. The van der Waals surface area contributed by atoms with Gasteiger partial charge in [0, 0.05) is 25.4 Å². The van der Waals surface area contributed by atoms with Crippen molar-refractivity contribution in [2.45, 2.75) is 45.7 Å². The van der Waals surface area contributed by atoms with Crippen LogP contribution >= 0.6 is 0 Å². The Hall–Kier alpha value is -3.40. The lowest BCUT2D eigenvalue weighted by Crippen LogP contribution is -2.47. The lowest BCUT2D eigenvalue weighted by Gasteiger charge is -2.30. The van der Waals surface area contributed by atoms with Crippen LogP contribution in [0.15, 0.2) is 84.9 Å². The van der Waals surface area contributed by atoms with Crippen molar-refractivity contribution in [3.05, 3.63) is 107 Å². The first-order valence-corrected chi connectivity index (χ1v) is 11.2. The van der Waals surface area contributed by atoms with E-state index in [4.69, 9.17) is 0 Å². The number of carbonyl (C=O) groups excluding carboxylic acids is 2. The predicted octanol–water partition coefficient (Wildman–Crippen LogP) is 5.07. The van der Waals surface area contributed by atoms with Gasteiger partial charge in [-0.1, -0.05) is 90.5 Å². The Kier molecular flexibility index (Phi) is 8.20. The summed E-state index contributed by atoms with van der Waals surface area (Å²) in [5, 5.41) is 2.86. The number of nitrogens with one attached hydrogen (secondary N) is 1. The summed E-state index contributed by atoms with van der Waals surface area (Å²) in [6.45, 7) is 6.66. The minimum atomic E-state index is -0.559. The summed E-state index contributed by atoms with van der Waals surface area (Å²) in [7, 11) is 0. The van der Waals surface area contributed by atoms with Gasteiger partial charge in [-0.15, -0.1) is 0 Å². The molecule has 0 aliphatic carbocycles. The van der Waals surface area contributed by atoms with Gasteiger partial charge in [0.15, 0.2) is 0 Å². The van der Waals surface area contributed by atoms with Crippen LogP contribution in [-0.2, 0) is 16.1 Å². The normalized spacial score (nSPS) is 11.8. The van der Waals surface area contributed by atoms with E-state index in [1.807, 2.05) is 74.5 Å². The Morgan fingerprint density at radius 1 is 0.844 bits per heavy atom. The number of hydrogen-bond acceptors (Lipinski definition) is 2. The lowest BCUT2D eigenvalue weighted by atomic mass is 9.88. The largest absolute Gasteiger partial charge is 0.355 e. The van der Waals surface area contributed by atoms with E-state index in [0.717, 1.165) is 22.3 Å². The third-order valence-electron chi connectivity index (χ3n) is 5.77. The average molecular weight is 429 g/mol. The van der Waals surface area contributed by atoms with Gasteiger partial charge >= 0.3 is 0 Å². The first-order valence-electron chi connectivity index (χ1n) is 11.2. The van der Waals surface area contributed by atoms with Crippen molar-refractivity contribution >= 4 is 11.8 Å². The molecular formula is C28H32N2O2. The molecule has 166 valence electrons. The quantitative estimate of drug-likeness (QED) is 0.517. The van der Waals surface area contributed by atoms with Gasteiger partial charge in [-0.2, -0.15) is 0 Å². The molecule has 3 aromatic rings. The van der Waals surface area contributed by atoms with Crippen LogP contribution < -0.4 is 5.32 Å². The molecule has 0 heterocycles. The molecule has 1 atom stereocenters. The summed E-state index contributed by atoms with van der Waals surface area (Å²) < 4.78 is 0. The molecule has 0 bridgehead atoms. The van der Waals surface area contributed by atoms with Gasteiger partial charge in [-0.05, 0) is 37.5 Å². The number of carbonyl (C=O) groups is 2. The number of benzene rings is 3. The minimum absolute atomic E-state index is 0.0398. The fourth-order valence-corrected chi connectivity index (χ4v) is 3.89. The zero-order chi connectivity index (χ0) is 22.9. The highest BCUT2D eigenvalue weighted by Gasteiger charge is 2.28. The number of aryl methyl sites for hydroxylation is 1. The SMILES string of the molecule is CCNC(=O)[C@H](C)N(Cc1ccc(C)cc1)C(=O)CC(c1ccccc1)c1ccccc1. The molecule has 0 aromatic heterocycles. The fraction of sp³-hybridized carbons (Fsp3) is 0.286. The standard InChI is InChI=1S/C28H32N2O2/c1-4-29-28(32)22(3)30(20-23-17-15-21(2)16-18-23)27(31)19-26(24-11-7-5-8-12-24)25-13-9-6-10-14-25/h5-18,22,26H,4,19-20H2,1-3H3,(H,29,32)/t22-/m0/s1. The maximum absolute atomic E-state index is 13.7. The van der Waals surface area contributed by atoms with E-state index in [2.05, 4.69) is 29.6 Å². The number of likely N-dealkylation sites (N-methyl/N-ethyl adjacent to an activating group) is 1. The monoisotopic (exact) mass is 428 g/mol. The molecule has 0 aliphatic heterocycles. The predicted molar refractivity (Wildman–Crippen MR) is 129 cm³/mol. The van der Waals surface area contributed by atoms with E-state index in [1.165, 1.54) is 0 Å². The van der Waals surface area contributed by atoms with Crippen molar-refractivity contribution < 1.29 is 9.59 Å². The Balaban J connectivity index is 1.90. The summed E-state index contributed by atoms with van der Waals surface area (Å²) in [5.74, 6) is -0.252. The Morgan fingerprint density at radius 2 is 1.38 bits per heavy atom. The first kappa shape index (κ1) is 23.3. The Morgan fingerprint density at radius 3 is 1.88 bits per heavy atom. The van der Waals surface area contributed by atoms with Crippen molar-refractivity contribution in [1.82, 2.24) is 10.2 Å². The van der Waals surface area contributed by atoms with Gasteiger partial charge in [-0.25, -0.2) is 0 Å². The maximum atomic E-state index is 13.7. The molecule has 0 saturated carbocycles. The second-order valence-corrected chi connectivity index (χ2v) is 8.16. The van der Waals surface area contributed by atoms with Crippen molar-refractivity contribution in [1.29, 1.82) is 0 Å². The highest BCUT2D eigenvalue weighted by molar-refractivity contribution is 5.87. The summed E-state index contributed by atoms with van der Waals surface area (Å²) in [4.78, 5) is 28.0. The van der Waals surface area contributed by atoms with E-state index in [-0.39, 0.29) is 17.7 Å². The zero-order valence-corrected chi connectivity index (χ0v) is 19.1. The third-order valence-corrected chi connectivity index (χ3v) is 5.77. The van der Waals surface area contributed by atoms with Crippen LogP contribution in [0, 0.1) is 6.92 Å². The van der Waals surface area contributed by atoms with E-state index in [0.29, 0.717) is 19.5 Å². The highest BCUT2D eigenvalue weighted by atomic mass is 16.2. The fourth-order valence-electron chi connectivity index (χ4n) is 3.89. The Bertz CT molecular complexity index is 961. The van der Waals surface area contributed by atoms with Crippen molar-refractivity contribution in [3.63, 3.8) is 0 Å². The van der Waals surface area contributed by atoms with Gasteiger partial charge in [-0.3, -0.25) is 9.59 Å². The molecule has 4 heteroatoms. The summed E-state index contributed by atoms with van der Waals surface area (Å²) in [6, 6.07) is 27.7. The maximum Gasteiger partial charge on any atom is 0.242 e. The molecule has 0 aliphatic rings. The number of rotatable bonds is 9. The molecular weight excluding hydrogens is 396 g/mol. The molecule has 0 saturated heterocycles. The van der Waals surface area contributed by atoms with Crippen LogP contribution in [0.3, 0.4) is 0 Å². The van der Waals surface area contributed by atoms with Crippen LogP contribution in [0.1, 0.15) is 48.4 Å². The molecule has 0 unspecified atom stereocenters. The zero-order valence-electron chi connectivity index (χ0n) is 19.1. The summed E-state index contributed by atoms with van der Waals surface area (Å²) in [6.07, 6.45) is 0.295. The van der Waals surface area contributed by atoms with Crippen LogP contribution in [0.2, 0.25) is 0 Å². The van der Waals surface area contributed by atoms with Crippen molar-refractivity contribution in [2.24, 2.45) is 0 Å². The van der Waals surface area contributed by atoms with Crippen LogP contribution in [-0.4, -0.2) is 29.3 Å². The summed E-state index contributed by atoms with van der Waals surface area (Å²) in [5.41, 5.74) is 4.36. The minimum Gasteiger partial charge on any atom is -0.355 e. The van der Waals surface area contributed by atoms with Crippen LogP contribution in [0.4, 0.5) is 0 Å². The van der Waals surface area contributed by atoms with Gasteiger partial charge in [0.05, 0.1) is 0 Å². The highest BCUT2D eigenvalue weighted by Crippen LogP contribution is 2.29. The number of hydrogen-bond donors (Lipinski definition) is 1. The second kappa shape index (κ2) is 11.3. The molecule has 32 heavy (non-hydrogen) atoms. The molecule has 3 aromatic carbocycles. The molecule has 1 N–H and O–H groups in total. The second-order valence-electron chi connectivity index (χ2n) is 8.16. The summed E-state index contributed by atoms with van der Waals surface area (Å²) >= 11 is 0. The first-order chi connectivity index (χ1) is 15.5. The third kappa shape index (κ3) is 6.07. The van der Waals surface area contributed by atoms with Crippen molar-refractivity contribution in [2.75, 3.05) is 6.54 Å². The molecule has 4 nitrogen and oxygen atoms in total. The van der Waals surface area contributed by atoms with Crippen LogP contribution in [0.5, 0.6) is 0 Å². The van der Waals surface area contributed by atoms with Gasteiger partial charge in [0.1, 0.15) is 6.04 Å². The van der Waals surface area contributed by atoms with Gasteiger partial charge < -0.3 is 10.2 Å². The van der Waals surface area contributed by atoms with E-state index in [1.54, 1.807) is 11.8 Å². The topological polar surface area (TPSA) is 49.4 Å². The smallest absolute Gasteiger partial charge is 0.242 e. The molecule has 0 radical (unpaired) electrons. The number of nitrogens with zero attached hydrogens (tertiary/aromatic N) is 1. The van der Waals surface area contributed by atoms with Gasteiger partial charge in [0.25, 0.3) is 0 Å². The Labute approximate surface area is 191 Å². The van der Waals surface area contributed by atoms with E-state index in [9.17, 15) is 9.59 Å². The molecule has 0 fully saturated rings. The molecule has 0 spiro atoms. The van der Waals surface area contributed by atoms with Crippen LogP contribution in [0.25, 0.3) is 0 Å². The number of amides is 2. The lowest BCUT2D eigenvalue weighted by molar-refractivity contribution is -0.140. The van der Waals surface area contributed by atoms with Crippen molar-refractivity contribution in [3.8, 4) is 0 Å². The molecule has 2 amide bonds. The molecule has 3 rings (SSSR count).